The van der Waals surface area contributed by atoms with Crippen molar-refractivity contribution >= 4 is 26.0 Å². The summed E-state index contributed by atoms with van der Waals surface area (Å²) in [4.78, 5) is 0.226. The van der Waals surface area contributed by atoms with E-state index in [1.54, 1.807) is 12.1 Å². The van der Waals surface area contributed by atoms with Gasteiger partial charge in [0.05, 0.1) is 11.5 Å². The third-order valence-corrected chi connectivity index (χ3v) is 6.57. The van der Waals surface area contributed by atoms with Crippen molar-refractivity contribution in [1.82, 2.24) is 4.72 Å². The third kappa shape index (κ3) is 4.52. The molecule has 1 aromatic carbocycles. The summed E-state index contributed by atoms with van der Waals surface area (Å²) in [6.07, 6.45) is 4.55. The van der Waals surface area contributed by atoms with Crippen LogP contribution < -0.4 is 4.72 Å². The van der Waals surface area contributed by atoms with Gasteiger partial charge in [-0.1, -0.05) is 25.8 Å². The highest BCUT2D eigenvalue weighted by Crippen LogP contribution is 2.28. The Labute approximate surface area is 135 Å². The van der Waals surface area contributed by atoms with Crippen LogP contribution >= 0.6 is 15.9 Å². The predicted octanol–water partition coefficient (Wildman–Crippen LogP) is 3.05. The van der Waals surface area contributed by atoms with Gasteiger partial charge in [-0.15, -0.1) is 0 Å². The second-order valence-electron chi connectivity index (χ2n) is 5.90. The molecule has 0 saturated heterocycles. The van der Waals surface area contributed by atoms with Gasteiger partial charge in [-0.25, -0.2) is 13.1 Å². The molecule has 2 rings (SSSR count). The van der Waals surface area contributed by atoms with Gasteiger partial charge in [0.25, 0.3) is 0 Å². The molecule has 0 heterocycles. The zero-order chi connectivity index (χ0) is 15.5. The number of aliphatic hydroxyl groups excluding tert-OH is 1. The molecular formula is C15H22BrNO3S. The molecule has 0 spiro atoms. The number of hydrogen-bond donors (Lipinski definition) is 2. The Morgan fingerprint density at radius 2 is 1.95 bits per heavy atom. The third-order valence-electron chi connectivity index (χ3n) is 4.17. The molecule has 0 aromatic heterocycles. The van der Waals surface area contributed by atoms with Crippen molar-refractivity contribution in [3.05, 3.63) is 28.2 Å². The molecule has 118 valence electrons. The fourth-order valence-electron chi connectivity index (χ4n) is 2.70. The van der Waals surface area contributed by atoms with Crippen LogP contribution in [0.5, 0.6) is 0 Å². The predicted molar refractivity (Wildman–Crippen MR) is 86.4 cm³/mol. The minimum Gasteiger partial charge on any atom is -0.392 e. The first kappa shape index (κ1) is 16.9. The normalized spacial score (nSPS) is 23.2. The molecule has 0 bridgehead atoms. The van der Waals surface area contributed by atoms with Crippen LogP contribution in [0.25, 0.3) is 0 Å². The van der Waals surface area contributed by atoms with Crippen LogP contribution in [0, 0.1) is 11.8 Å². The topological polar surface area (TPSA) is 66.4 Å². The maximum absolute atomic E-state index is 12.4. The van der Waals surface area contributed by atoms with Gasteiger partial charge in [0.2, 0.25) is 10.0 Å². The van der Waals surface area contributed by atoms with E-state index in [2.05, 4.69) is 27.6 Å². The lowest BCUT2D eigenvalue weighted by Gasteiger charge is -2.26. The first-order chi connectivity index (χ1) is 9.92. The summed E-state index contributed by atoms with van der Waals surface area (Å²) in [5, 5.41) is 9.06. The van der Waals surface area contributed by atoms with Crippen LogP contribution in [0.3, 0.4) is 0 Å². The first-order valence-corrected chi connectivity index (χ1v) is 9.59. The number of hydrogen-bond acceptors (Lipinski definition) is 3. The van der Waals surface area contributed by atoms with E-state index < -0.39 is 10.0 Å². The van der Waals surface area contributed by atoms with Crippen molar-refractivity contribution in [2.24, 2.45) is 11.8 Å². The second-order valence-corrected chi connectivity index (χ2v) is 8.49. The van der Waals surface area contributed by atoms with E-state index in [1.807, 2.05) is 0 Å². The molecule has 2 N–H and O–H groups in total. The van der Waals surface area contributed by atoms with E-state index in [-0.39, 0.29) is 11.5 Å². The van der Waals surface area contributed by atoms with Crippen LogP contribution in [0.15, 0.2) is 27.6 Å². The summed E-state index contributed by atoms with van der Waals surface area (Å²) in [6, 6.07) is 4.79. The number of rotatable bonds is 5. The lowest BCUT2D eigenvalue weighted by atomic mass is 9.83. The Morgan fingerprint density at radius 1 is 1.29 bits per heavy atom. The summed E-state index contributed by atoms with van der Waals surface area (Å²) in [7, 11) is -3.51. The molecule has 0 radical (unpaired) electrons. The van der Waals surface area contributed by atoms with Gasteiger partial charge in [0.15, 0.2) is 0 Å². The molecule has 0 amide bonds. The number of nitrogens with one attached hydrogen (secondary N) is 1. The van der Waals surface area contributed by atoms with Gasteiger partial charge >= 0.3 is 0 Å². The largest absolute Gasteiger partial charge is 0.392 e. The highest BCUT2D eigenvalue weighted by atomic mass is 79.9. The summed E-state index contributed by atoms with van der Waals surface area (Å²) < 4.78 is 27.9. The van der Waals surface area contributed by atoms with Crippen molar-refractivity contribution in [2.45, 2.75) is 44.1 Å². The van der Waals surface area contributed by atoms with E-state index in [0.29, 0.717) is 22.5 Å². The lowest BCUT2D eigenvalue weighted by Crippen LogP contribution is -2.31. The van der Waals surface area contributed by atoms with Crippen molar-refractivity contribution in [1.29, 1.82) is 0 Å². The quantitative estimate of drug-likeness (QED) is 0.830. The average Bonchev–Trinajstić information content (AvgIpc) is 2.46. The van der Waals surface area contributed by atoms with E-state index in [1.165, 1.54) is 18.9 Å². The van der Waals surface area contributed by atoms with Crippen molar-refractivity contribution < 1.29 is 13.5 Å². The van der Waals surface area contributed by atoms with Crippen LogP contribution in [0.4, 0.5) is 0 Å². The molecule has 1 fully saturated rings. The Balaban J connectivity index is 2.01. The summed E-state index contributed by atoms with van der Waals surface area (Å²) in [5.74, 6) is 1.20. The molecule has 21 heavy (non-hydrogen) atoms. The maximum atomic E-state index is 12.4. The van der Waals surface area contributed by atoms with E-state index >= 15 is 0 Å². The maximum Gasteiger partial charge on any atom is 0.241 e. The fourth-order valence-corrected chi connectivity index (χ4v) is 4.94. The zero-order valence-corrected chi connectivity index (χ0v) is 14.6. The molecule has 4 nitrogen and oxygen atoms in total. The van der Waals surface area contributed by atoms with Gasteiger partial charge in [-0.05, 0) is 58.3 Å². The first-order valence-electron chi connectivity index (χ1n) is 7.31. The number of aliphatic hydroxyl groups is 1. The van der Waals surface area contributed by atoms with Crippen LogP contribution in [-0.2, 0) is 16.6 Å². The molecule has 6 heteroatoms. The van der Waals surface area contributed by atoms with Crippen molar-refractivity contribution in [3.8, 4) is 0 Å². The second kappa shape index (κ2) is 7.22. The standard InChI is InChI=1S/C15H22BrNO3S/c1-11-2-4-12(5-3-11)9-17-21(19,20)15-7-6-13(10-18)8-14(15)16/h6-8,11-12,17-18H,2-5,9-10H2,1H3. The molecule has 1 aromatic rings. The summed E-state index contributed by atoms with van der Waals surface area (Å²) in [5.41, 5.74) is 0.682. The smallest absolute Gasteiger partial charge is 0.241 e. The van der Waals surface area contributed by atoms with Crippen molar-refractivity contribution in [2.75, 3.05) is 6.54 Å². The van der Waals surface area contributed by atoms with E-state index in [9.17, 15) is 8.42 Å². The van der Waals surface area contributed by atoms with E-state index in [0.717, 1.165) is 18.8 Å². The monoisotopic (exact) mass is 375 g/mol. The molecule has 1 aliphatic carbocycles. The van der Waals surface area contributed by atoms with Gasteiger partial charge in [0, 0.05) is 11.0 Å². The van der Waals surface area contributed by atoms with Crippen molar-refractivity contribution in [3.63, 3.8) is 0 Å². The summed E-state index contributed by atoms with van der Waals surface area (Å²) >= 11 is 3.27. The SMILES string of the molecule is CC1CCC(CNS(=O)(=O)c2ccc(CO)cc2Br)CC1. The van der Waals surface area contributed by atoms with Gasteiger partial charge in [-0.3, -0.25) is 0 Å². The number of halogens is 1. The Kier molecular flexibility index (Phi) is 5.82. The molecule has 0 aliphatic heterocycles. The minimum atomic E-state index is -3.51. The summed E-state index contributed by atoms with van der Waals surface area (Å²) in [6.45, 7) is 2.65. The Bertz CT molecular complexity index is 581. The van der Waals surface area contributed by atoms with Gasteiger partial charge < -0.3 is 5.11 Å². The van der Waals surface area contributed by atoms with E-state index in [4.69, 9.17) is 5.11 Å². The molecule has 0 atom stereocenters. The highest BCUT2D eigenvalue weighted by Gasteiger charge is 2.22. The molecule has 0 unspecified atom stereocenters. The Morgan fingerprint density at radius 3 is 2.52 bits per heavy atom. The zero-order valence-electron chi connectivity index (χ0n) is 12.2. The number of sulfonamides is 1. The van der Waals surface area contributed by atoms with Gasteiger partial charge in [-0.2, -0.15) is 0 Å². The van der Waals surface area contributed by atoms with Crippen LogP contribution in [-0.4, -0.2) is 20.1 Å². The number of benzene rings is 1. The molecule has 1 aliphatic rings. The highest BCUT2D eigenvalue weighted by molar-refractivity contribution is 9.10. The van der Waals surface area contributed by atoms with Crippen LogP contribution in [0.1, 0.15) is 38.2 Å². The lowest BCUT2D eigenvalue weighted by molar-refractivity contribution is 0.281. The van der Waals surface area contributed by atoms with Crippen LogP contribution in [0.2, 0.25) is 0 Å². The van der Waals surface area contributed by atoms with Gasteiger partial charge in [0.1, 0.15) is 0 Å². The average molecular weight is 376 g/mol. The molecular weight excluding hydrogens is 354 g/mol. The molecule has 1 saturated carbocycles. The Hall–Kier alpha value is -0.430. The minimum absolute atomic E-state index is 0.105. The fraction of sp³-hybridized carbons (Fsp3) is 0.600.